The number of hydrogen-bond donors (Lipinski definition) is 0. The normalized spacial score (nSPS) is 36.8. The molecule has 0 N–H and O–H groups in total. The van der Waals surface area contributed by atoms with E-state index in [1.54, 1.807) is 0 Å². The van der Waals surface area contributed by atoms with E-state index < -0.39 is 35.1 Å². The highest BCUT2D eigenvalue weighted by molar-refractivity contribution is 6.68. The fourth-order valence-electron chi connectivity index (χ4n) is 2.44. The maximum Gasteiger partial charge on any atom is 0.264 e. The van der Waals surface area contributed by atoms with E-state index >= 15 is 0 Å². The number of carbonyl (C=O) groups excluding carboxylic acids is 3. The predicted octanol–water partition coefficient (Wildman–Crippen LogP) is 0.263. The van der Waals surface area contributed by atoms with Crippen molar-refractivity contribution in [3.8, 4) is 6.07 Å². The summed E-state index contributed by atoms with van der Waals surface area (Å²) in [7, 11) is 0. The van der Waals surface area contributed by atoms with Gasteiger partial charge in [-0.1, -0.05) is 6.42 Å². The summed E-state index contributed by atoms with van der Waals surface area (Å²) in [6, 6.07) is 2.02. The Labute approximate surface area is 80.9 Å². The summed E-state index contributed by atoms with van der Waals surface area (Å²) in [5.41, 5.74) is 0. The molecular weight excluding hydrogens is 182 g/mol. The lowest BCUT2D eigenvalue weighted by molar-refractivity contribution is -0.141. The second kappa shape index (κ2) is 3.02. The van der Waals surface area contributed by atoms with Crippen molar-refractivity contribution in [1.82, 2.24) is 0 Å². The van der Waals surface area contributed by atoms with Gasteiger partial charge in [0.25, 0.3) is 5.78 Å². The summed E-state index contributed by atoms with van der Waals surface area (Å²) < 4.78 is 0. The lowest BCUT2D eigenvalue weighted by Crippen LogP contribution is -2.29. The van der Waals surface area contributed by atoms with Crippen LogP contribution < -0.4 is 0 Å². The van der Waals surface area contributed by atoms with Crippen molar-refractivity contribution < 1.29 is 14.4 Å². The van der Waals surface area contributed by atoms with Crippen LogP contribution in [-0.2, 0) is 14.4 Å². The minimum absolute atomic E-state index is 0.434. The first-order chi connectivity index (χ1) is 6.66. The SMILES string of the molecule is N#CC1CCCC2C(=O)C(=O)C(=O)C12. The fourth-order valence-corrected chi connectivity index (χ4v) is 2.44. The molecule has 72 valence electrons. The number of carbonyl (C=O) groups is 3. The van der Waals surface area contributed by atoms with Crippen LogP contribution in [0.25, 0.3) is 0 Å². The van der Waals surface area contributed by atoms with Gasteiger partial charge in [0.1, 0.15) is 0 Å². The molecule has 2 fully saturated rings. The molecule has 0 aromatic rings. The Morgan fingerprint density at radius 1 is 1.14 bits per heavy atom. The molecule has 2 aliphatic rings. The third kappa shape index (κ3) is 1.02. The number of ketones is 3. The molecule has 14 heavy (non-hydrogen) atoms. The smallest absolute Gasteiger partial charge is 0.264 e. The summed E-state index contributed by atoms with van der Waals surface area (Å²) >= 11 is 0. The van der Waals surface area contributed by atoms with E-state index in [2.05, 4.69) is 0 Å². The van der Waals surface area contributed by atoms with Crippen LogP contribution in [0.2, 0.25) is 0 Å². The van der Waals surface area contributed by atoms with Gasteiger partial charge in [0.05, 0.1) is 17.9 Å². The summed E-state index contributed by atoms with van der Waals surface area (Å²) in [4.78, 5) is 33.9. The van der Waals surface area contributed by atoms with Crippen LogP contribution in [0.5, 0.6) is 0 Å². The molecule has 0 bridgehead atoms. The molecule has 0 amide bonds. The van der Waals surface area contributed by atoms with Crippen molar-refractivity contribution in [3.63, 3.8) is 0 Å². The second-order valence-corrected chi connectivity index (χ2v) is 3.86. The van der Waals surface area contributed by atoms with Crippen molar-refractivity contribution in [2.75, 3.05) is 0 Å². The molecule has 0 heterocycles. The largest absolute Gasteiger partial charge is 0.290 e. The number of fused-ring (bicyclic) bond motifs is 1. The molecule has 4 heteroatoms. The monoisotopic (exact) mass is 191 g/mol. The molecule has 3 unspecified atom stereocenters. The first-order valence-corrected chi connectivity index (χ1v) is 4.69. The van der Waals surface area contributed by atoms with E-state index in [1.165, 1.54) is 0 Å². The van der Waals surface area contributed by atoms with Crippen molar-refractivity contribution in [3.05, 3.63) is 0 Å². The van der Waals surface area contributed by atoms with E-state index in [4.69, 9.17) is 5.26 Å². The van der Waals surface area contributed by atoms with Gasteiger partial charge in [-0.05, 0) is 12.8 Å². The van der Waals surface area contributed by atoms with Gasteiger partial charge < -0.3 is 0 Å². The molecule has 2 rings (SSSR count). The van der Waals surface area contributed by atoms with Crippen molar-refractivity contribution >= 4 is 17.3 Å². The van der Waals surface area contributed by atoms with Gasteiger partial charge in [-0.2, -0.15) is 5.26 Å². The molecule has 2 saturated carbocycles. The molecule has 3 atom stereocenters. The van der Waals surface area contributed by atoms with E-state index in [1.807, 2.05) is 6.07 Å². The highest BCUT2D eigenvalue weighted by atomic mass is 16.2. The van der Waals surface area contributed by atoms with Crippen LogP contribution >= 0.6 is 0 Å². The maximum absolute atomic E-state index is 11.4. The van der Waals surface area contributed by atoms with Crippen molar-refractivity contribution in [2.24, 2.45) is 17.8 Å². The average molecular weight is 191 g/mol. The average Bonchev–Trinajstić information content (AvgIpc) is 2.44. The molecule has 0 aromatic carbocycles. The van der Waals surface area contributed by atoms with Gasteiger partial charge in [0.15, 0.2) is 0 Å². The van der Waals surface area contributed by atoms with Crippen LogP contribution in [0.3, 0.4) is 0 Å². The summed E-state index contributed by atoms with van der Waals surface area (Å²) in [6.45, 7) is 0. The molecule has 2 aliphatic carbocycles. The number of nitriles is 1. The van der Waals surface area contributed by atoms with Crippen LogP contribution in [0, 0.1) is 29.1 Å². The van der Waals surface area contributed by atoms with E-state index in [-0.39, 0.29) is 0 Å². The Morgan fingerprint density at radius 3 is 2.50 bits per heavy atom. The molecule has 0 saturated heterocycles. The Kier molecular flexibility index (Phi) is 1.95. The van der Waals surface area contributed by atoms with Crippen LogP contribution in [-0.4, -0.2) is 17.3 Å². The third-order valence-corrected chi connectivity index (χ3v) is 3.15. The molecule has 4 nitrogen and oxygen atoms in total. The number of rotatable bonds is 0. The summed E-state index contributed by atoms with van der Waals surface area (Å²) in [5, 5.41) is 8.80. The molecule has 0 aliphatic heterocycles. The Bertz CT molecular complexity index is 366. The molecule has 0 aromatic heterocycles. The zero-order chi connectivity index (χ0) is 10.3. The van der Waals surface area contributed by atoms with Gasteiger partial charge in [0, 0.05) is 5.92 Å². The summed E-state index contributed by atoms with van der Waals surface area (Å²) in [6.07, 6.45) is 1.97. The number of hydrogen-bond acceptors (Lipinski definition) is 4. The molecular formula is C10H9NO3. The van der Waals surface area contributed by atoms with Crippen molar-refractivity contribution in [1.29, 1.82) is 5.26 Å². The number of Topliss-reactive ketones (excluding diaryl/α,β-unsaturated/α-hetero) is 3. The zero-order valence-electron chi connectivity index (χ0n) is 7.53. The molecule has 0 radical (unpaired) electrons. The van der Waals surface area contributed by atoms with Crippen LogP contribution in [0.4, 0.5) is 0 Å². The van der Waals surface area contributed by atoms with Crippen molar-refractivity contribution in [2.45, 2.75) is 19.3 Å². The minimum atomic E-state index is -0.887. The standard InChI is InChI=1S/C10H9NO3/c11-4-5-2-1-3-6-7(5)9(13)10(14)8(6)12/h5-7H,1-3H2. The predicted molar refractivity (Wildman–Crippen MR) is 45.0 cm³/mol. The highest BCUT2D eigenvalue weighted by Crippen LogP contribution is 2.40. The van der Waals surface area contributed by atoms with E-state index in [0.717, 1.165) is 6.42 Å². The zero-order valence-corrected chi connectivity index (χ0v) is 7.53. The maximum atomic E-state index is 11.4. The lowest BCUT2D eigenvalue weighted by Gasteiger charge is -2.25. The van der Waals surface area contributed by atoms with Crippen LogP contribution in [0.1, 0.15) is 19.3 Å². The Morgan fingerprint density at radius 2 is 1.86 bits per heavy atom. The van der Waals surface area contributed by atoms with Gasteiger partial charge >= 0.3 is 0 Å². The van der Waals surface area contributed by atoms with Gasteiger partial charge in [-0.25, -0.2) is 0 Å². The second-order valence-electron chi connectivity index (χ2n) is 3.86. The topological polar surface area (TPSA) is 75.0 Å². The summed E-state index contributed by atoms with van der Waals surface area (Å²) in [5.74, 6) is -3.65. The van der Waals surface area contributed by atoms with Gasteiger partial charge in [-0.3, -0.25) is 14.4 Å². The quantitative estimate of drug-likeness (QED) is 0.515. The Balaban J connectivity index is 2.37. The van der Waals surface area contributed by atoms with E-state index in [9.17, 15) is 14.4 Å². The minimum Gasteiger partial charge on any atom is -0.290 e. The highest BCUT2D eigenvalue weighted by Gasteiger charge is 2.53. The van der Waals surface area contributed by atoms with E-state index in [0.29, 0.717) is 12.8 Å². The van der Waals surface area contributed by atoms with Gasteiger partial charge in [0.2, 0.25) is 11.6 Å². The fraction of sp³-hybridized carbons (Fsp3) is 0.600. The van der Waals surface area contributed by atoms with Crippen LogP contribution in [0.15, 0.2) is 0 Å². The Hall–Kier alpha value is -1.50. The molecule has 0 spiro atoms. The first-order valence-electron chi connectivity index (χ1n) is 4.69. The first kappa shape index (κ1) is 9.07. The lowest BCUT2D eigenvalue weighted by atomic mass is 9.74. The third-order valence-electron chi connectivity index (χ3n) is 3.15. The van der Waals surface area contributed by atoms with Gasteiger partial charge in [-0.15, -0.1) is 0 Å². The number of nitrogens with zero attached hydrogens (tertiary/aromatic N) is 1.